The molecule has 0 amide bonds. The van der Waals surface area contributed by atoms with E-state index >= 15 is 0 Å². The van der Waals surface area contributed by atoms with Crippen molar-refractivity contribution in [3.8, 4) is 0 Å². The van der Waals surface area contributed by atoms with Crippen LogP contribution < -0.4 is 0 Å². The number of hydrogen-bond donors (Lipinski definition) is 0. The topological polar surface area (TPSA) is 6.48 Å². The fraction of sp³-hybridized carbons (Fsp3) is 0.867. The van der Waals surface area contributed by atoms with Crippen LogP contribution in [0.25, 0.3) is 0 Å². The maximum absolute atomic E-state index is 2.75. The molecule has 1 saturated carbocycles. The Morgan fingerprint density at radius 3 is 1.59 bits per heavy atom. The van der Waals surface area contributed by atoms with Crippen LogP contribution in [0.2, 0.25) is 99.7 Å². The maximum Gasteiger partial charge on any atom is 0.156 e. The van der Waals surface area contributed by atoms with E-state index in [1.54, 1.807) is 30.1 Å². The van der Waals surface area contributed by atoms with Gasteiger partial charge >= 0.3 is 0 Å². The van der Waals surface area contributed by atoms with Crippen LogP contribution in [-0.4, -0.2) is 78.0 Å². The molecule has 4 aliphatic rings. The summed E-state index contributed by atoms with van der Waals surface area (Å²) >= 11 is 0. The molecule has 2 nitrogen and oxygen atoms in total. The van der Waals surface area contributed by atoms with Crippen LogP contribution >= 0.6 is 0 Å². The number of nitrogens with zero attached hydrogens (tertiary/aromatic N) is 2. The Bertz CT molecular complexity index is 871. The van der Waals surface area contributed by atoms with E-state index < -0.39 is 40.7 Å². The minimum atomic E-state index is -1.21. The lowest BCUT2D eigenvalue weighted by molar-refractivity contribution is 0.527. The first kappa shape index (κ1) is 32.0. The molecule has 0 aromatic rings. The monoisotopic (exact) mass is 594 g/mol. The van der Waals surface area contributed by atoms with Crippen LogP contribution in [0.4, 0.5) is 0 Å². The van der Waals surface area contributed by atoms with Gasteiger partial charge in [-0.15, -0.1) is 0 Å². The normalized spacial score (nSPS) is 31.4. The third kappa shape index (κ3) is 6.38. The average molecular weight is 595 g/mol. The molecule has 37 heavy (non-hydrogen) atoms. The Morgan fingerprint density at radius 2 is 1.30 bits per heavy atom. The van der Waals surface area contributed by atoms with Crippen molar-refractivity contribution < 1.29 is 1.43 Å². The van der Waals surface area contributed by atoms with E-state index in [0.29, 0.717) is 5.92 Å². The smallest absolute Gasteiger partial charge is 0.156 e. The van der Waals surface area contributed by atoms with Crippen molar-refractivity contribution in [2.75, 3.05) is 28.2 Å². The van der Waals surface area contributed by atoms with Crippen molar-refractivity contribution in [3.63, 3.8) is 0 Å². The van der Waals surface area contributed by atoms with E-state index in [2.05, 4.69) is 115 Å². The van der Waals surface area contributed by atoms with E-state index in [1.807, 2.05) is 5.20 Å². The van der Waals surface area contributed by atoms with Gasteiger partial charge in [-0.1, -0.05) is 114 Å². The highest BCUT2D eigenvalue weighted by Crippen LogP contribution is 2.63. The predicted molar refractivity (Wildman–Crippen MR) is 185 cm³/mol. The van der Waals surface area contributed by atoms with Gasteiger partial charge in [0, 0.05) is 17.6 Å². The molecule has 0 bridgehead atoms. The molecule has 2 saturated heterocycles. The van der Waals surface area contributed by atoms with Crippen LogP contribution in [0.1, 0.15) is 34.0 Å². The van der Waals surface area contributed by atoms with Gasteiger partial charge in [0.05, 0.1) is 8.07 Å². The summed E-state index contributed by atoms with van der Waals surface area (Å²) in [6, 6.07) is 6.18. The van der Waals surface area contributed by atoms with Crippen molar-refractivity contribution in [2.45, 2.75) is 132 Å². The Kier molecular flexibility index (Phi) is 9.56. The van der Waals surface area contributed by atoms with E-state index in [0.717, 1.165) is 16.6 Å². The van der Waals surface area contributed by atoms with Gasteiger partial charge in [0.2, 0.25) is 0 Å². The Morgan fingerprint density at radius 1 is 0.757 bits per heavy atom. The lowest BCUT2D eigenvalue weighted by atomic mass is 10.2. The SMILES string of the molecule is CC1C=C([Si](C)(C)C)C=C1[Si]1(N(C)C)CCC1.CN(C)[Si]1(C2CC([Si](C)(C)C)CC2[Si](C)(C)C)CCC1.[HH]. The molecule has 216 valence electrons. The zero-order valence-electron chi connectivity index (χ0n) is 27.5. The predicted octanol–water partition coefficient (Wildman–Crippen LogP) is 9.54. The summed E-state index contributed by atoms with van der Waals surface area (Å²) in [7, 11) is 4.05. The highest BCUT2D eigenvalue weighted by atomic mass is 28.3. The molecule has 2 aliphatic carbocycles. The van der Waals surface area contributed by atoms with Crippen LogP contribution in [0.3, 0.4) is 0 Å². The molecule has 2 aliphatic heterocycles. The van der Waals surface area contributed by atoms with Crippen molar-refractivity contribution in [3.05, 3.63) is 22.5 Å². The summed E-state index contributed by atoms with van der Waals surface area (Å²) in [5.74, 6) is 0.714. The minimum absolute atomic E-state index is 0. The molecular weight excluding hydrogens is 529 g/mol. The van der Waals surface area contributed by atoms with Gasteiger partial charge < -0.3 is 9.13 Å². The molecule has 3 fully saturated rings. The van der Waals surface area contributed by atoms with Gasteiger partial charge in [-0.05, 0) is 74.9 Å². The third-order valence-corrected chi connectivity index (χ3v) is 31.5. The fourth-order valence-corrected chi connectivity index (χ4v) is 26.2. The lowest BCUT2D eigenvalue weighted by Crippen LogP contribution is -2.59. The fourth-order valence-electron chi connectivity index (χ4n) is 8.22. The van der Waals surface area contributed by atoms with Crippen LogP contribution in [0.15, 0.2) is 22.5 Å². The largest absolute Gasteiger partial charge is 0.329 e. The summed E-state index contributed by atoms with van der Waals surface area (Å²) in [6.07, 6.45) is 11.4. The molecule has 4 rings (SSSR count). The summed E-state index contributed by atoms with van der Waals surface area (Å²) in [4.78, 5) is 0. The van der Waals surface area contributed by atoms with Crippen LogP contribution in [0.5, 0.6) is 0 Å². The molecule has 0 N–H and O–H groups in total. The van der Waals surface area contributed by atoms with Gasteiger partial charge in [0.15, 0.2) is 8.24 Å². The Labute approximate surface area is 239 Å². The second kappa shape index (κ2) is 11.0. The number of allylic oxidation sites excluding steroid dienone is 4. The van der Waals surface area contributed by atoms with Crippen molar-refractivity contribution in [2.24, 2.45) is 5.92 Å². The second-order valence-electron chi connectivity index (χ2n) is 17.0. The molecule has 0 aromatic heterocycles. The van der Waals surface area contributed by atoms with Crippen molar-refractivity contribution in [1.29, 1.82) is 0 Å². The summed E-state index contributed by atoms with van der Waals surface area (Å²) in [5.41, 5.74) is 3.36. The second-order valence-corrected chi connectivity index (χ2v) is 42.5. The number of hydrogen-bond acceptors (Lipinski definition) is 2. The van der Waals surface area contributed by atoms with E-state index in [9.17, 15) is 0 Å². The lowest BCUT2D eigenvalue weighted by Gasteiger charge is -2.53. The summed E-state index contributed by atoms with van der Waals surface area (Å²) in [5, 5.41) is 3.52. The zero-order chi connectivity index (χ0) is 28.2. The van der Waals surface area contributed by atoms with E-state index in [-0.39, 0.29) is 1.43 Å². The molecule has 0 aromatic carbocycles. The molecule has 0 spiro atoms. The van der Waals surface area contributed by atoms with Gasteiger partial charge in [0.25, 0.3) is 0 Å². The Balaban J connectivity index is 0.000000263. The molecule has 2 heterocycles. The first-order valence-corrected chi connectivity index (χ1v) is 31.0. The first-order valence-electron chi connectivity index (χ1n) is 15.5. The van der Waals surface area contributed by atoms with Crippen LogP contribution in [-0.2, 0) is 0 Å². The molecule has 0 radical (unpaired) electrons. The zero-order valence-corrected chi connectivity index (χ0v) is 32.5. The standard InChI is InChI=1S/C16H37NSi3.C14H27NSi2.H2/c1-17(2)20(10-9-11-20)16-13-14(18(3,4)5)12-15(16)19(6,7)8;1-12-10-13(16(4,5)6)11-14(12)17(15(2)3)8-7-9-17;/h14-16H,9-13H2,1-8H3;10-12H,7-9H2,1-6H3;1H. The molecule has 4 unspecified atom stereocenters. The van der Waals surface area contributed by atoms with Gasteiger partial charge in [-0.25, -0.2) is 0 Å². The first-order chi connectivity index (χ1) is 16.8. The molecular formula is C30H66N2Si5. The average Bonchev–Trinajstić information content (AvgIpc) is 3.25. The Hall–Kier alpha value is 0.484. The van der Waals surface area contributed by atoms with Crippen molar-refractivity contribution >= 4 is 40.7 Å². The molecule has 7 heteroatoms. The van der Waals surface area contributed by atoms with Gasteiger partial charge in [0.1, 0.15) is 8.24 Å². The van der Waals surface area contributed by atoms with E-state index in [4.69, 9.17) is 0 Å². The molecule has 4 atom stereocenters. The minimum Gasteiger partial charge on any atom is -0.329 e. The van der Waals surface area contributed by atoms with E-state index in [1.165, 1.54) is 24.9 Å². The third-order valence-electron chi connectivity index (χ3n) is 11.4. The number of rotatable bonds is 7. The van der Waals surface area contributed by atoms with Gasteiger partial charge in [-0.3, -0.25) is 0 Å². The highest BCUT2D eigenvalue weighted by molar-refractivity contribution is 6.88. The quantitative estimate of drug-likeness (QED) is 0.271. The van der Waals surface area contributed by atoms with Crippen LogP contribution in [0, 0.1) is 5.92 Å². The summed E-state index contributed by atoms with van der Waals surface area (Å²) < 4.78 is 5.35. The van der Waals surface area contributed by atoms with Crippen molar-refractivity contribution in [1.82, 2.24) is 9.13 Å². The summed E-state index contributed by atoms with van der Waals surface area (Å²) in [6.45, 7) is 25.6. The van der Waals surface area contributed by atoms with Gasteiger partial charge in [-0.2, -0.15) is 0 Å². The highest BCUT2D eigenvalue weighted by Gasteiger charge is 2.58. The maximum atomic E-state index is 2.75.